The Balaban J connectivity index is 0.00000462. The molecule has 10 rings (SSSR count). The standard InChI is InChI=1S/C52H44BN5O.Pt/c1-33-15-12-16-34(2)48(33)49-43-32-55-58(51(43)53(56-28-11-10-23-45(49)56)50-35(3)17-13-18-36(50)4)38-19-14-20-39(30-38)59-40-24-25-42-41-21-8-9-22-44(41)57(46(42)31-40)47-29-37(26-27-54-47)52(5,6)7;/h8-29,32H,1-7H3;/q-2;+2. The molecule has 0 bridgehead atoms. The summed E-state index contributed by atoms with van der Waals surface area (Å²) in [5.74, 6) is 2.02. The largest absolute Gasteiger partial charge is 2.00 e. The Morgan fingerprint density at radius 2 is 1.43 bits per heavy atom. The zero-order valence-electron chi connectivity index (χ0n) is 34.8. The summed E-state index contributed by atoms with van der Waals surface area (Å²) in [7, 11) is 0. The summed E-state index contributed by atoms with van der Waals surface area (Å²) in [4.78, 5) is 7.28. The van der Waals surface area contributed by atoms with Gasteiger partial charge in [-0.15, -0.1) is 35.7 Å². The molecule has 60 heavy (non-hydrogen) atoms. The van der Waals surface area contributed by atoms with Crippen molar-refractivity contribution in [3.05, 3.63) is 197 Å². The van der Waals surface area contributed by atoms with Crippen molar-refractivity contribution >= 4 is 45.3 Å². The molecule has 5 heterocycles. The van der Waals surface area contributed by atoms with Gasteiger partial charge in [-0.1, -0.05) is 98.1 Å². The predicted molar refractivity (Wildman–Crippen MR) is 242 cm³/mol. The van der Waals surface area contributed by atoms with Crippen LogP contribution in [-0.2, 0) is 26.5 Å². The molecule has 0 spiro atoms. The number of nitrogens with zero attached hydrogens (tertiary/aromatic N) is 5. The topological polar surface area (TPSA) is 48.1 Å². The molecule has 2 aliphatic heterocycles. The van der Waals surface area contributed by atoms with E-state index in [-0.39, 0.29) is 33.3 Å². The Hall–Kier alpha value is -6.17. The van der Waals surface area contributed by atoms with Crippen LogP contribution in [0.25, 0.3) is 38.9 Å². The molecule has 0 atom stereocenters. The minimum atomic E-state index is -0.140. The van der Waals surface area contributed by atoms with Crippen molar-refractivity contribution < 1.29 is 25.8 Å². The molecule has 0 aliphatic carbocycles. The van der Waals surface area contributed by atoms with Gasteiger partial charge in [0.15, 0.2) is 0 Å². The van der Waals surface area contributed by atoms with Crippen molar-refractivity contribution in [2.45, 2.75) is 53.9 Å². The molecular formula is C52H44BN5OPt. The summed E-state index contributed by atoms with van der Waals surface area (Å²) in [6.07, 6.45) is 12.7. The predicted octanol–water partition coefficient (Wildman–Crippen LogP) is 10.5. The molecule has 2 aliphatic rings. The summed E-state index contributed by atoms with van der Waals surface area (Å²) in [6, 6.07) is 43.2. The number of aryl methyl sites for hydroxylation is 4. The fourth-order valence-electron chi connectivity index (χ4n) is 9.09. The zero-order valence-corrected chi connectivity index (χ0v) is 37.1. The number of pyridine rings is 1. The number of para-hydroxylation sites is 1. The van der Waals surface area contributed by atoms with Crippen molar-refractivity contribution in [2.75, 3.05) is 0 Å². The molecule has 3 aromatic heterocycles. The smallest absolute Gasteiger partial charge is 0.509 e. The van der Waals surface area contributed by atoms with Crippen molar-refractivity contribution in [3.8, 4) is 23.0 Å². The molecule has 0 N–H and O–H groups in total. The summed E-state index contributed by atoms with van der Waals surface area (Å²) >= 11 is 0. The van der Waals surface area contributed by atoms with Gasteiger partial charge < -0.3 is 14.1 Å². The molecule has 5 aromatic carbocycles. The third-order valence-electron chi connectivity index (χ3n) is 11.9. The minimum Gasteiger partial charge on any atom is -0.509 e. The fourth-order valence-corrected chi connectivity index (χ4v) is 9.09. The second kappa shape index (κ2) is 15.1. The van der Waals surface area contributed by atoms with E-state index in [0.29, 0.717) is 11.5 Å². The van der Waals surface area contributed by atoms with Crippen molar-refractivity contribution in [3.63, 3.8) is 0 Å². The van der Waals surface area contributed by atoms with Gasteiger partial charge in [0.25, 0.3) is 0 Å². The van der Waals surface area contributed by atoms with Crippen LogP contribution in [0.1, 0.15) is 59.7 Å². The van der Waals surface area contributed by atoms with Crippen LogP contribution < -0.4 is 15.8 Å². The van der Waals surface area contributed by atoms with Crippen LogP contribution in [0.5, 0.6) is 11.5 Å². The van der Waals surface area contributed by atoms with Crippen molar-refractivity contribution in [1.29, 1.82) is 0 Å². The van der Waals surface area contributed by atoms with E-state index < -0.39 is 0 Å². The number of benzene rings is 5. The van der Waals surface area contributed by atoms with Gasteiger partial charge in [0.1, 0.15) is 5.82 Å². The average molecular weight is 961 g/mol. The van der Waals surface area contributed by atoms with Crippen LogP contribution in [0.15, 0.2) is 146 Å². The summed E-state index contributed by atoms with van der Waals surface area (Å²) < 4.78 is 10.9. The number of hydrogen-bond acceptors (Lipinski definition) is 4. The first kappa shape index (κ1) is 39.3. The molecule has 296 valence electrons. The molecule has 0 unspecified atom stereocenters. The molecule has 0 amide bonds. The van der Waals surface area contributed by atoms with E-state index >= 15 is 0 Å². The van der Waals surface area contributed by atoms with E-state index in [1.54, 1.807) is 0 Å². The summed E-state index contributed by atoms with van der Waals surface area (Å²) in [5, 5.41) is 7.41. The minimum absolute atomic E-state index is 0. The van der Waals surface area contributed by atoms with Gasteiger partial charge in [0.05, 0.1) is 6.20 Å². The van der Waals surface area contributed by atoms with E-state index in [0.717, 1.165) is 50.2 Å². The second-order valence-corrected chi connectivity index (χ2v) is 16.8. The molecule has 0 radical (unpaired) electrons. The first-order chi connectivity index (χ1) is 28.6. The van der Waals surface area contributed by atoms with E-state index in [1.165, 1.54) is 44.4 Å². The van der Waals surface area contributed by atoms with Crippen molar-refractivity contribution in [2.24, 2.45) is 0 Å². The van der Waals surface area contributed by atoms with Gasteiger partial charge in [0.2, 0.25) is 0 Å². The fraction of sp³-hybridized carbons (Fsp3) is 0.154. The Morgan fingerprint density at radius 1 is 0.717 bits per heavy atom. The number of rotatable bonds is 6. The Bertz CT molecular complexity index is 3050. The van der Waals surface area contributed by atoms with Crippen LogP contribution >= 0.6 is 0 Å². The third kappa shape index (κ3) is 6.47. The Kier molecular flexibility index (Phi) is 9.92. The monoisotopic (exact) mass is 960 g/mol. The van der Waals surface area contributed by atoms with Crippen LogP contribution in [-0.4, -0.2) is 31.0 Å². The quantitative estimate of drug-likeness (QED) is 0.123. The van der Waals surface area contributed by atoms with Crippen LogP contribution in [0.4, 0.5) is 0 Å². The maximum atomic E-state index is 6.67. The van der Waals surface area contributed by atoms with E-state index in [2.05, 4.69) is 184 Å². The maximum Gasteiger partial charge on any atom is 2.00 e. The molecule has 6 nitrogen and oxygen atoms in total. The molecule has 8 heteroatoms. The first-order valence-corrected chi connectivity index (χ1v) is 20.3. The summed E-state index contributed by atoms with van der Waals surface area (Å²) in [6.45, 7) is 15.4. The van der Waals surface area contributed by atoms with Gasteiger partial charge in [-0.05, 0) is 108 Å². The molecule has 8 aromatic rings. The number of aromatic nitrogens is 4. The van der Waals surface area contributed by atoms with E-state index in [4.69, 9.17) is 14.8 Å². The zero-order chi connectivity index (χ0) is 40.6. The number of fused-ring (bicyclic) bond motifs is 5. The third-order valence-corrected chi connectivity index (χ3v) is 11.9. The second-order valence-electron chi connectivity index (χ2n) is 16.8. The van der Waals surface area contributed by atoms with Gasteiger partial charge in [-0.2, -0.15) is 17.2 Å². The number of ether oxygens (including phenoxy) is 1. The Labute approximate surface area is 366 Å². The maximum absolute atomic E-state index is 6.67. The Morgan fingerprint density at radius 3 is 2.20 bits per heavy atom. The van der Waals surface area contributed by atoms with Gasteiger partial charge in [-0.3, -0.25) is 4.68 Å². The van der Waals surface area contributed by atoms with Crippen LogP contribution in [0.3, 0.4) is 0 Å². The van der Waals surface area contributed by atoms with Crippen LogP contribution in [0, 0.1) is 39.8 Å². The molecule has 0 saturated heterocycles. The van der Waals surface area contributed by atoms with Gasteiger partial charge >= 0.3 is 27.9 Å². The number of hydrogen-bond donors (Lipinski definition) is 0. The van der Waals surface area contributed by atoms with Gasteiger partial charge in [0, 0.05) is 45.6 Å². The van der Waals surface area contributed by atoms with E-state index in [1.807, 2.05) is 30.6 Å². The van der Waals surface area contributed by atoms with Gasteiger partial charge in [-0.25, -0.2) is 4.98 Å². The van der Waals surface area contributed by atoms with Crippen molar-refractivity contribution in [1.82, 2.24) is 24.1 Å². The average Bonchev–Trinajstić information content (AvgIpc) is 3.81. The molecule has 0 fully saturated rings. The van der Waals surface area contributed by atoms with E-state index in [9.17, 15) is 0 Å². The van der Waals surface area contributed by atoms with Crippen LogP contribution in [0.2, 0.25) is 0 Å². The molecule has 0 saturated carbocycles. The first-order valence-electron chi connectivity index (χ1n) is 20.3. The molecular weight excluding hydrogens is 916 g/mol. The SMILES string of the molecule is Cc1cccc(C)c1B1c2c(cnn2-c2[c-]c(Oc3[c-]c4c(cc3)c3ccccc3n4-c3cc(C(C)(C)C)ccn3)ccc2)C(c2c(C)cccc2C)=C2C=CC=CN12.[Pt+2]. The number of allylic oxidation sites excluding steroid dienone is 3. The summed E-state index contributed by atoms with van der Waals surface area (Å²) in [5.41, 5.74) is 15.9. The normalized spacial score (nSPS) is 13.5.